The molecule has 0 bridgehead atoms. The van der Waals surface area contributed by atoms with Gasteiger partial charge in [0.05, 0.1) is 22.0 Å². The number of alkyl halides is 3. The Morgan fingerprint density at radius 3 is 2.44 bits per heavy atom. The number of thiocarbonyl (C=S) groups is 1. The summed E-state index contributed by atoms with van der Waals surface area (Å²) in [6.45, 7) is 1.75. The van der Waals surface area contributed by atoms with Gasteiger partial charge in [-0.3, -0.25) is 10.4 Å². The van der Waals surface area contributed by atoms with Gasteiger partial charge in [-0.05, 0) is 67.2 Å². The van der Waals surface area contributed by atoms with Crippen LogP contribution in [0.15, 0.2) is 72.0 Å². The number of aromatic nitrogens is 1. The van der Waals surface area contributed by atoms with Crippen molar-refractivity contribution in [3.63, 3.8) is 0 Å². The summed E-state index contributed by atoms with van der Waals surface area (Å²) in [5.74, 6) is 0.508. The first-order chi connectivity index (χ1) is 15.2. The van der Waals surface area contributed by atoms with Crippen LogP contribution in [0.5, 0.6) is 5.75 Å². The maximum atomic E-state index is 12.7. The van der Waals surface area contributed by atoms with E-state index in [1.807, 2.05) is 37.3 Å². The first-order valence-corrected chi connectivity index (χ1v) is 10.1. The van der Waals surface area contributed by atoms with Crippen LogP contribution in [0.2, 0.25) is 5.02 Å². The van der Waals surface area contributed by atoms with Gasteiger partial charge in [0, 0.05) is 11.9 Å². The number of benzene rings is 2. The summed E-state index contributed by atoms with van der Waals surface area (Å²) < 4.78 is 43.7. The Bertz CT molecular complexity index is 1110. The highest BCUT2D eigenvalue weighted by molar-refractivity contribution is 7.80. The average molecular weight is 479 g/mol. The number of hydrogen-bond donors (Lipinski definition) is 2. The van der Waals surface area contributed by atoms with Gasteiger partial charge in [0.15, 0.2) is 5.11 Å². The van der Waals surface area contributed by atoms with E-state index in [9.17, 15) is 13.2 Å². The Hall–Kier alpha value is -3.17. The monoisotopic (exact) mass is 478 g/mol. The molecule has 2 N–H and O–H groups in total. The summed E-state index contributed by atoms with van der Waals surface area (Å²) in [4.78, 5) is 3.75. The van der Waals surface area contributed by atoms with Crippen molar-refractivity contribution in [1.29, 1.82) is 0 Å². The second-order valence-electron chi connectivity index (χ2n) is 6.59. The molecule has 0 fully saturated rings. The largest absolute Gasteiger partial charge is 0.487 e. The predicted octanol–water partition coefficient (Wildman–Crippen LogP) is 6.04. The smallest absolute Gasteiger partial charge is 0.417 e. The molecule has 3 rings (SSSR count). The van der Waals surface area contributed by atoms with E-state index in [1.165, 1.54) is 0 Å². The minimum atomic E-state index is -4.50. The van der Waals surface area contributed by atoms with Gasteiger partial charge in [0.2, 0.25) is 0 Å². The lowest BCUT2D eigenvalue weighted by molar-refractivity contribution is -0.137. The maximum Gasteiger partial charge on any atom is 0.417 e. The van der Waals surface area contributed by atoms with Gasteiger partial charge in [0.25, 0.3) is 0 Å². The molecule has 0 saturated carbocycles. The minimum Gasteiger partial charge on any atom is -0.487 e. The van der Waals surface area contributed by atoms with Gasteiger partial charge in [-0.15, -0.1) is 0 Å². The zero-order chi connectivity index (χ0) is 23.1. The molecule has 0 unspecified atom stereocenters. The molecule has 166 valence electrons. The molecule has 1 aromatic heterocycles. The lowest BCUT2D eigenvalue weighted by Gasteiger charge is -2.11. The van der Waals surface area contributed by atoms with Crippen LogP contribution in [0.3, 0.4) is 0 Å². The van der Waals surface area contributed by atoms with Crippen molar-refractivity contribution in [2.45, 2.75) is 19.7 Å². The number of rotatable bonds is 6. The van der Waals surface area contributed by atoms with E-state index in [0.717, 1.165) is 23.5 Å². The molecule has 1 heterocycles. The predicted molar refractivity (Wildman–Crippen MR) is 123 cm³/mol. The van der Waals surface area contributed by atoms with Crippen molar-refractivity contribution in [2.24, 2.45) is 5.10 Å². The number of nitrogens with one attached hydrogen (secondary N) is 2. The molecule has 2 aromatic carbocycles. The minimum absolute atomic E-state index is 0.0651. The molecule has 0 aliphatic rings. The van der Waals surface area contributed by atoms with E-state index in [-0.39, 0.29) is 17.3 Å². The van der Waals surface area contributed by atoms with Crippen LogP contribution in [-0.2, 0) is 12.8 Å². The van der Waals surface area contributed by atoms with Gasteiger partial charge < -0.3 is 10.1 Å². The standard InChI is InChI=1S/C22H18ClF3N4OS/c1-14(29-30-21(32)28-17-5-3-2-4-6-17)15-7-9-18(10-8-15)31-13-20-19(23)11-16(12-27-20)22(24,25)26/h2-12H,13H2,1H3,(H2,28,30,32). The Labute approximate surface area is 193 Å². The third-order valence-corrected chi connectivity index (χ3v) is 4.77. The van der Waals surface area contributed by atoms with E-state index < -0.39 is 11.7 Å². The fourth-order valence-electron chi connectivity index (χ4n) is 2.55. The molecule has 32 heavy (non-hydrogen) atoms. The Kier molecular flexibility index (Phi) is 7.66. The molecular formula is C22H18ClF3N4OS. The third-order valence-electron chi connectivity index (χ3n) is 4.25. The third kappa shape index (κ3) is 6.66. The number of hydrogen-bond acceptors (Lipinski definition) is 4. The number of hydrazone groups is 1. The molecule has 0 amide bonds. The van der Waals surface area contributed by atoms with Crippen molar-refractivity contribution >= 4 is 40.3 Å². The summed E-state index contributed by atoms with van der Waals surface area (Å²) >= 11 is 11.1. The van der Waals surface area contributed by atoms with Crippen LogP contribution in [0.4, 0.5) is 18.9 Å². The average Bonchev–Trinajstić information content (AvgIpc) is 2.77. The van der Waals surface area contributed by atoms with Crippen molar-refractivity contribution in [3.8, 4) is 5.75 Å². The second kappa shape index (κ2) is 10.4. The number of pyridine rings is 1. The molecule has 5 nitrogen and oxygen atoms in total. The van der Waals surface area contributed by atoms with Crippen LogP contribution in [-0.4, -0.2) is 15.8 Å². The number of anilines is 1. The second-order valence-corrected chi connectivity index (χ2v) is 7.41. The number of halogens is 4. The Balaban J connectivity index is 1.55. The van der Waals surface area contributed by atoms with E-state index in [4.69, 9.17) is 28.6 Å². The number of para-hydroxylation sites is 1. The number of ether oxygens (including phenoxy) is 1. The van der Waals surface area contributed by atoms with Gasteiger partial charge in [-0.1, -0.05) is 29.8 Å². The molecule has 0 atom stereocenters. The van der Waals surface area contributed by atoms with Crippen LogP contribution in [0.25, 0.3) is 0 Å². The first-order valence-electron chi connectivity index (χ1n) is 9.33. The van der Waals surface area contributed by atoms with E-state index >= 15 is 0 Å². The van der Waals surface area contributed by atoms with Gasteiger partial charge in [-0.25, -0.2) is 0 Å². The van der Waals surface area contributed by atoms with E-state index in [1.54, 1.807) is 24.3 Å². The highest BCUT2D eigenvalue weighted by Crippen LogP contribution is 2.31. The van der Waals surface area contributed by atoms with Crippen LogP contribution < -0.4 is 15.5 Å². The van der Waals surface area contributed by atoms with Gasteiger partial charge in [-0.2, -0.15) is 18.3 Å². The van der Waals surface area contributed by atoms with Crippen molar-refractivity contribution < 1.29 is 17.9 Å². The molecule has 0 radical (unpaired) electrons. The molecule has 0 aliphatic heterocycles. The molecule has 0 spiro atoms. The molecule has 10 heteroatoms. The summed E-state index contributed by atoms with van der Waals surface area (Å²) in [5, 5.41) is 7.53. The summed E-state index contributed by atoms with van der Waals surface area (Å²) in [6, 6.07) is 17.3. The van der Waals surface area contributed by atoms with Crippen LogP contribution in [0.1, 0.15) is 23.7 Å². The number of nitrogens with zero attached hydrogens (tertiary/aromatic N) is 2. The SMILES string of the molecule is CC(=NNC(=S)Nc1ccccc1)c1ccc(OCc2ncc(C(F)(F)F)cc2Cl)cc1. The van der Waals surface area contributed by atoms with Crippen molar-refractivity contribution in [1.82, 2.24) is 10.4 Å². The van der Waals surface area contributed by atoms with E-state index in [2.05, 4.69) is 20.8 Å². The normalized spacial score (nSPS) is 11.7. The first kappa shape index (κ1) is 23.5. The molecule has 3 aromatic rings. The lowest BCUT2D eigenvalue weighted by Crippen LogP contribution is -2.24. The lowest BCUT2D eigenvalue weighted by atomic mass is 10.1. The van der Waals surface area contributed by atoms with Gasteiger partial charge in [0.1, 0.15) is 12.4 Å². The summed E-state index contributed by atoms with van der Waals surface area (Å²) in [6.07, 6.45) is -3.76. The summed E-state index contributed by atoms with van der Waals surface area (Å²) in [5.41, 5.74) is 4.47. The Morgan fingerprint density at radius 2 is 1.81 bits per heavy atom. The van der Waals surface area contributed by atoms with Crippen LogP contribution >= 0.6 is 23.8 Å². The zero-order valence-electron chi connectivity index (χ0n) is 16.8. The van der Waals surface area contributed by atoms with Gasteiger partial charge >= 0.3 is 6.18 Å². The fourth-order valence-corrected chi connectivity index (χ4v) is 2.94. The highest BCUT2D eigenvalue weighted by atomic mass is 35.5. The molecule has 0 aliphatic carbocycles. The van der Waals surface area contributed by atoms with E-state index in [0.29, 0.717) is 16.6 Å². The molecular weight excluding hydrogens is 461 g/mol. The van der Waals surface area contributed by atoms with Crippen LogP contribution in [0, 0.1) is 0 Å². The topological polar surface area (TPSA) is 58.5 Å². The zero-order valence-corrected chi connectivity index (χ0v) is 18.4. The fraction of sp³-hybridized carbons (Fsp3) is 0.136. The summed E-state index contributed by atoms with van der Waals surface area (Å²) in [7, 11) is 0. The Morgan fingerprint density at radius 1 is 1.12 bits per heavy atom. The molecule has 0 saturated heterocycles. The highest BCUT2D eigenvalue weighted by Gasteiger charge is 2.31. The van der Waals surface area contributed by atoms with Crippen molar-refractivity contribution in [2.75, 3.05) is 5.32 Å². The maximum absolute atomic E-state index is 12.7. The van der Waals surface area contributed by atoms with Crippen molar-refractivity contribution in [3.05, 3.63) is 88.7 Å². The quantitative estimate of drug-likeness (QED) is 0.257.